The van der Waals surface area contributed by atoms with Gasteiger partial charge in [0.05, 0.1) is 16.4 Å². The maximum Gasteiger partial charge on any atom is 0.293 e. The Bertz CT molecular complexity index is 2100. The Morgan fingerprint density at radius 2 is 1.67 bits per heavy atom. The number of carbonyl (C=O) groups is 1. The molecule has 1 fully saturated rings. The lowest BCUT2D eigenvalue weighted by molar-refractivity contribution is -0.384. The molecular weight excluding hydrogens is 719 g/mol. The molecule has 0 radical (unpaired) electrons. The number of amides is 1. The summed E-state index contributed by atoms with van der Waals surface area (Å²) in [6.07, 6.45) is 0. The zero-order chi connectivity index (χ0) is 36.5. The summed E-state index contributed by atoms with van der Waals surface area (Å²) in [6, 6.07) is 30.4. The van der Waals surface area contributed by atoms with Crippen LogP contribution in [0.25, 0.3) is 11.1 Å². The molecule has 270 valence electrons. The third kappa shape index (κ3) is 9.31. The molecule has 52 heavy (non-hydrogen) atoms. The molecule has 1 aromatic heterocycles. The van der Waals surface area contributed by atoms with Crippen molar-refractivity contribution < 1.29 is 22.9 Å². The molecule has 0 unspecified atom stereocenters. The van der Waals surface area contributed by atoms with Crippen molar-refractivity contribution >= 4 is 56.1 Å². The Hall–Kier alpha value is -4.89. The first-order valence-corrected chi connectivity index (χ1v) is 20.2. The smallest absolute Gasteiger partial charge is 0.293 e. The van der Waals surface area contributed by atoms with Crippen LogP contribution in [0.15, 0.2) is 118 Å². The number of hydrogen-bond acceptors (Lipinski definition) is 11. The van der Waals surface area contributed by atoms with Gasteiger partial charge in [0.2, 0.25) is 0 Å². The quantitative estimate of drug-likeness (QED) is 0.0483. The van der Waals surface area contributed by atoms with Crippen molar-refractivity contribution in [1.82, 2.24) is 9.62 Å². The number of nitro groups is 1. The standard InChI is InChI=1S/C38H39N5O6S3/c1-2-49-37-11-7-6-10-34(37)29-24-32(51-27-29)26-41-19-21-42(22-20-41)30-14-12-28(13-15-30)38(44)40-52(47,48)33-16-17-35(36(25-33)43(45)46)39-18-23-50-31-8-4-3-5-9-31/h3-17,24-25,27,39H,2,18-23,26H2,1H3,(H,40,44). The van der Waals surface area contributed by atoms with Gasteiger partial charge in [0.25, 0.3) is 21.6 Å². The number of piperazine rings is 1. The van der Waals surface area contributed by atoms with Gasteiger partial charge in [0, 0.05) is 77.7 Å². The fourth-order valence-electron chi connectivity index (χ4n) is 5.89. The Balaban J connectivity index is 1.00. The van der Waals surface area contributed by atoms with Crippen molar-refractivity contribution in [2.45, 2.75) is 23.3 Å². The van der Waals surface area contributed by atoms with E-state index in [1.807, 2.05) is 55.5 Å². The monoisotopic (exact) mass is 757 g/mol. The van der Waals surface area contributed by atoms with Gasteiger partial charge in [-0.05, 0) is 78.5 Å². The number of hydrogen-bond donors (Lipinski definition) is 2. The van der Waals surface area contributed by atoms with Crippen molar-refractivity contribution in [2.75, 3.05) is 55.3 Å². The van der Waals surface area contributed by atoms with Gasteiger partial charge in [-0.1, -0.05) is 36.4 Å². The fraction of sp³-hybridized carbons (Fsp3) is 0.237. The minimum absolute atomic E-state index is 0.161. The Morgan fingerprint density at radius 1 is 0.942 bits per heavy atom. The van der Waals surface area contributed by atoms with E-state index in [4.69, 9.17) is 4.74 Å². The van der Waals surface area contributed by atoms with E-state index in [0.717, 1.165) is 66.2 Å². The van der Waals surface area contributed by atoms with Crippen LogP contribution < -0.4 is 19.7 Å². The minimum atomic E-state index is -4.38. The Kier molecular flexibility index (Phi) is 12.1. The molecule has 6 rings (SSSR count). The highest BCUT2D eigenvalue weighted by Gasteiger charge is 2.24. The number of nitrogens with one attached hydrogen (secondary N) is 2. The van der Waals surface area contributed by atoms with E-state index in [0.29, 0.717) is 18.9 Å². The molecule has 5 aromatic rings. The number of ether oxygens (including phenoxy) is 1. The van der Waals surface area contributed by atoms with Gasteiger partial charge in [0.1, 0.15) is 11.4 Å². The molecule has 0 aliphatic carbocycles. The first kappa shape index (κ1) is 36.9. The summed E-state index contributed by atoms with van der Waals surface area (Å²) < 4.78 is 34.1. The largest absolute Gasteiger partial charge is 0.493 e. The van der Waals surface area contributed by atoms with E-state index in [-0.39, 0.29) is 16.1 Å². The van der Waals surface area contributed by atoms with Gasteiger partial charge in [-0.3, -0.25) is 19.8 Å². The molecular formula is C38H39N5O6S3. The van der Waals surface area contributed by atoms with Gasteiger partial charge in [-0.15, -0.1) is 23.1 Å². The van der Waals surface area contributed by atoms with Crippen LogP contribution in [0.4, 0.5) is 17.1 Å². The number of benzene rings is 4. The number of thiophene rings is 1. The average molecular weight is 758 g/mol. The van der Waals surface area contributed by atoms with Crippen LogP contribution in [0.2, 0.25) is 0 Å². The summed E-state index contributed by atoms with van der Waals surface area (Å²) >= 11 is 3.34. The summed E-state index contributed by atoms with van der Waals surface area (Å²) in [5.41, 5.74) is 3.16. The summed E-state index contributed by atoms with van der Waals surface area (Å²) in [5.74, 6) is 0.718. The van der Waals surface area contributed by atoms with Crippen LogP contribution in [0, 0.1) is 10.1 Å². The lowest BCUT2D eigenvalue weighted by atomic mass is 10.1. The number of thioether (sulfide) groups is 1. The molecule has 0 spiro atoms. The van der Waals surface area contributed by atoms with Gasteiger partial charge in [-0.2, -0.15) is 0 Å². The highest BCUT2D eigenvalue weighted by Crippen LogP contribution is 2.34. The molecule has 1 aliphatic rings. The van der Waals surface area contributed by atoms with Gasteiger partial charge in [-0.25, -0.2) is 13.1 Å². The van der Waals surface area contributed by atoms with Gasteiger partial charge in [0.15, 0.2) is 0 Å². The van der Waals surface area contributed by atoms with Crippen molar-refractivity contribution in [3.63, 3.8) is 0 Å². The first-order chi connectivity index (χ1) is 25.2. The average Bonchev–Trinajstić information content (AvgIpc) is 3.62. The summed E-state index contributed by atoms with van der Waals surface area (Å²) in [6.45, 7) is 7.25. The molecule has 0 atom stereocenters. The summed E-state index contributed by atoms with van der Waals surface area (Å²) in [5, 5.41) is 17.0. The topological polar surface area (TPSA) is 134 Å². The molecule has 0 saturated carbocycles. The number of carbonyl (C=O) groups excluding carboxylic acids is 1. The minimum Gasteiger partial charge on any atom is -0.493 e. The predicted molar refractivity (Wildman–Crippen MR) is 208 cm³/mol. The highest BCUT2D eigenvalue weighted by atomic mass is 32.2. The molecule has 2 heterocycles. The molecule has 11 nitrogen and oxygen atoms in total. The number of nitrogens with zero attached hydrogens (tertiary/aromatic N) is 3. The lowest BCUT2D eigenvalue weighted by Crippen LogP contribution is -2.45. The maximum absolute atomic E-state index is 13.1. The van der Waals surface area contributed by atoms with Crippen LogP contribution in [0.1, 0.15) is 22.2 Å². The first-order valence-electron chi connectivity index (χ1n) is 16.8. The molecule has 1 aliphatic heterocycles. The fourth-order valence-corrected chi connectivity index (χ4v) is 8.60. The molecule has 2 N–H and O–H groups in total. The zero-order valence-electron chi connectivity index (χ0n) is 28.6. The van der Waals surface area contributed by atoms with Crippen LogP contribution in [-0.4, -0.2) is 69.2 Å². The summed E-state index contributed by atoms with van der Waals surface area (Å²) in [7, 11) is -4.38. The predicted octanol–water partition coefficient (Wildman–Crippen LogP) is 7.37. The second kappa shape index (κ2) is 17.1. The second-order valence-corrected chi connectivity index (χ2v) is 15.8. The van der Waals surface area contributed by atoms with Crippen molar-refractivity contribution in [3.05, 3.63) is 129 Å². The molecule has 1 amide bonds. The maximum atomic E-state index is 13.1. The Labute approximate surface area is 311 Å². The van der Waals surface area contributed by atoms with Crippen molar-refractivity contribution in [3.8, 4) is 16.9 Å². The SMILES string of the molecule is CCOc1ccccc1-c1csc(CN2CCN(c3ccc(C(=O)NS(=O)(=O)c4ccc(NCCSc5ccccc5)c([N+](=O)[O-])c4)cc3)CC2)c1. The van der Waals surface area contributed by atoms with Crippen LogP contribution in [0.3, 0.4) is 0 Å². The number of sulfonamides is 1. The van der Waals surface area contributed by atoms with E-state index in [9.17, 15) is 23.3 Å². The third-order valence-corrected chi connectivity index (χ3v) is 11.8. The number of rotatable bonds is 15. The second-order valence-electron chi connectivity index (χ2n) is 12.0. The molecule has 0 bridgehead atoms. The normalized spacial score (nSPS) is 13.4. The summed E-state index contributed by atoms with van der Waals surface area (Å²) in [4.78, 5) is 30.8. The van der Waals surface area contributed by atoms with Crippen LogP contribution in [0.5, 0.6) is 5.75 Å². The number of anilines is 2. The van der Waals surface area contributed by atoms with Crippen LogP contribution >= 0.6 is 23.1 Å². The highest BCUT2D eigenvalue weighted by molar-refractivity contribution is 7.99. The van der Waals surface area contributed by atoms with Crippen molar-refractivity contribution in [2.24, 2.45) is 0 Å². The van der Waals surface area contributed by atoms with Gasteiger partial charge >= 0.3 is 0 Å². The molecule has 14 heteroatoms. The van der Waals surface area contributed by atoms with E-state index < -0.39 is 26.5 Å². The van der Waals surface area contributed by atoms with E-state index in [1.165, 1.54) is 17.0 Å². The molecule has 4 aromatic carbocycles. The zero-order valence-corrected chi connectivity index (χ0v) is 31.0. The number of para-hydroxylation sites is 1. The number of nitro benzene ring substituents is 1. The van der Waals surface area contributed by atoms with E-state index >= 15 is 0 Å². The van der Waals surface area contributed by atoms with Crippen LogP contribution in [-0.2, 0) is 16.6 Å². The lowest BCUT2D eigenvalue weighted by Gasteiger charge is -2.36. The van der Waals surface area contributed by atoms with E-state index in [1.54, 1.807) is 47.4 Å². The Morgan fingerprint density at radius 3 is 2.40 bits per heavy atom. The van der Waals surface area contributed by atoms with Crippen molar-refractivity contribution in [1.29, 1.82) is 0 Å². The van der Waals surface area contributed by atoms with Gasteiger partial charge < -0.3 is 15.0 Å². The third-order valence-electron chi connectivity index (χ3n) is 8.53. The van der Waals surface area contributed by atoms with E-state index in [2.05, 4.69) is 37.4 Å². The molecule has 1 saturated heterocycles.